The van der Waals surface area contributed by atoms with E-state index in [1.165, 1.54) is 6.33 Å². The van der Waals surface area contributed by atoms with Gasteiger partial charge in [0.05, 0.1) is 6.10 Å². The number of anilines is 1. The van der Waals surface area contributed by atoms with Gasteiger partial charge in [-0.2, -0.15) is 0 Å². The highest BCUT2D eigenvalue weighted by Gasteiger charge is 2.28. The van der Waals surface area contributed by atoms with Crippen molar-refractivity contribution >= 4 is 17.4 Å². The Balaban J connectivity index is 2.14. The molecule has 2 rings (SSSR count). The number of nitrogens with zero attached hydrogens (tertiary/aromatic N) is 3. The minimum absolute atomic E-state index is 0.322. The van der Waals surface area contributed by atoms with Gasteiger partial charge in [0.2, 0.25) is 0 Å². The van der Waals surface area contributed by atoms with Crippen molar-refractivity contribution < 1.29 is 4.74 Å². The van der Waals surface area contributed by atoms with Gasteiger partial charge >= 0.3 is 0 Å². The summed E-state index contributed by atoms with van der Waals surface area (Å²) in [4.78, 5) is 10.3. The highest BCUT2D eigenvalue weighted by molar-refractivity contribution is 6.30. The number of ether oxygens (including phenoxy) is 1. The fourth-order valence-corrected chi connectivity index (χ4v) is 1.63. The Kier molecular flexibility index (Phi) is 2.56. The van der Waals surface area contributed by atoms with Gasteiger partial charge in [-0.05, 0) is 6.92 Å². The van der Waals surface area contributed by atoms with E-state index >= 15 is 0 Å². The maximum absolute atomic E-state index is 5.90. The quantitative estimate of drug-likeness (QED) is 0.694. The van der Waals surface area contributed by atoms with Gasteiger partial charge in [-0.1, -0.05) is 11.6 Å². The molecule has 0 amide bonds. The van der Waals surface area contributed by atoms with Gasteiger partial charge in [-0.3, -0.25) is 0 Å². The summed E-state index contributed by atoms with van der Waals surface area (Å²) in [6, 6.07) is 0. The molecule has 1 aromatic heterocycles. The standard InChI is InChI=1S/C9H12ClN3O/c1-6-8(10)11-5-12-9(6)13-3-7(4-13)14-2/h5,7H,3-4H2,1-2H3. The second-order valence-corrected chi connectivity index (χ2v) is 3.73. The summed E-state index contributed by atoms with van der Waals surface area (Å²) < 4.78 is 5.19. The zero-order valence-corrected chi connectivity index (χ0v) is 8.95. The minimum Gasteiger partial charge on any atom is -0.378 e. The summed E-state index contributed by atoms with van der Waals surface area (Å²) in [6.45, 7) is 3.69. The lowest BCUT2D eigenvalue weighted by atomic mass is 10.1. The zero-order valence-electron chi connectivity index (χ0n) is 8.20. The Morgan fingerprint density at radius 3 is 2.86 bits per heavy atom. The predicted molar refractivity (Wildman–Crippen MR) is 54.8 cm³/mol. The first-order valence-corrected chi connectivity index (χ1v) is 4.85. The van der Waals surface area contributed by atoms with Crippen LogP contribution in [0, 0.1) is 6.92 Å². The van der Waals surface area contributed by atoms with Crippen LogP contribution in [-0.4, -0.2) is 36.3 Å². The van der Waals surface area contributed by atoms with Crippen LogP contribution in [0.25, 0.3) is 0 Å². The van der Waals surface area contributed by atoms with E-state index in [2.05, 4.69) is 14.9 Å². The molecule has 5 heteroatoms. The van der Waals surface area contributed by atoms with Crippen molar-refractivity contribution in [1.82, 2.24) is 9.97 Å². The zero-order chi connectivity index (χ0) is 10.1. The monoisotopic (exact) mass is 213 g/mol. The molecule has 1 aliphatic heterocycles. The molecule has 0 spiro atoms. The van der Waals surface area contributed by atoms with Crippen LogP contribution in [0.2, 0.25) is 5.15 Å². The van der Waals surface area contributed by atoms with E-state index < -0.39 is 0 Å². The van der Waals surface area contributed by atoms with Gasteiger partial charge in [0, 0.05) is 25.8 Å². The van der Waals surface area contributed by atoms with Crippen molar-refractivity contribution in [3.63, 3.8) is 0 Å². The smallest absolute Gasteiger partial charge is 0.137 e. The number of hydrogen-bond donors (Lipinski definition) is 0. The summed E-state index contributed by atoms with van der Waals surface area (Å²) in [5, 5.41) is 0.524. The average molecular weight is 214 g/mol. The topological polar surface area (TPSA) is 38.2 Å². The Morgan fingerprint density at radius 1 is 1.50 bits per heavy atom. The molecule has 0 atom stereocenters. The molecule has 14 heavy (non-hydrogen) atoms. The van der Waals surface area contributed by atoms with E-state index in [1.54, 1.807) is 7.11 Å². The maximum Gasteiger partial charge on any atom is 0.137 e. The number of methoxy groups -OCH3 is 1. The van der Waals surface area contributed by atoms with Crippen LogP contribution < -0.4 is 4.90 Å². The van der Waals surface area contributed by atoms with Crippen molar-refractivity contribution in [3.8, 4) is 0 Å². The normalized spacial score (nSPS) is 16.9. The molecule has 1 saturated heterocycles. The summed E-state index contributed by atoms with van der Waals surface area (Å²) >= 11 is 5.90. The molecule has 0 unspecified atom stereocenters. The van der Waals surface area contributed by atoms with Gasteiger partial charge in [0.1, 0.15) is 17.3 Å². The highest BCUT2D eigenvalue weighted by atomic mass is 35.5. The van der Waals surface area contributed by atoms with Crippen molar-refractivity contribution in [2.45, 2.75) is 13.0 Å². The first kappa shape index (κ1) is 9.68. The first-order valence-electron chi connectivity index (χ1n) is 4.47. The lowest BCUT2D eigenvalue weighted by molar-refractivity contribution is 0.0782. The van der Waals surface area contributed by atoms with Gasteiger partial charge < -0.3 is 9.64 Å². The minimum atomic E-state index is 0.322. The Labute approximate surface area is 87.9 Å². The van der Waals surface area contributed by atoms with E-state index in [-0.39, 0.29) is 0 Å². The van der Waals surface area contributed by atoms with E-state index in [0.29, 0.717) is 11.3 Å². The summed E-state index contributed by atoms with van der Waals surface area (Å²) in [5.74, 6) is 0.915. The SMILES string of the molecule is COC1CN(c2ncnc(Cl)c2C)C1. The molecule has 0 saturated carbocycles. The first-order chi connectivity index (χ1) is 6.72. The molecule has 2 heterocycles. The number of rotatable bonds is 2. The fourth-order valence-electron chi connectivity index (χ4n) is 1.50. The molecule has 76 valence electrons. The van der Waals surface area contributed by atoms with Gasteiger partial charge in [-0.25, -0.2) is 9.97 Å². The van der Waals surface area contributed by atoms with Crippen LogP contribution in [0.3, 0.4) is 0 Å². The van der Waals surface area contributed by atoms with Crippen LogP contribution in [0.5, 0.6) is 0 Å². The molecular weight excluding hydrogens is 202 g/mol. The Bertz CT molecular complexity index is 339. The number of halogens is 1. The molecule has 1 aromatic rings. The third kappa shape index (κ3) is 1.55. The second-order valence-electron chi connectivity index (χ2n) is 3.38. The number of aromatic nitrogens is 2. The Morgan fingerprint density at radius 2 is 2.21 bits per heavy atom. The van der Waals surface area contributed by atoms with Crippen molar-refractivity contribution in [2.75, 3.05) is 25.1 Å². The molecule has 0 radical (unpaired) electrons. The second kappa shape index (κ2) is 3.71. The molecular formula is C9H12ClN3O. The molecule has 1 fully saturated rings. The summed E-state index contributed by atoms with van der Waals surface area (Å²) in [6.07, 6.45) is 1.81. The van der Waals surface area contributed by atoms with Gasteiger partial charge in [0.15, 0.2) is 0 Å². The largest absolute Gasteiger partial charge is 0.378 e. The van der Waals surface area contributed by atoms with Crippen LogP contribution >= 0.6 is 11.6 Å². The van der Waals surface area contributed by atoms with E-state index in [1.807, 2.05) is 6.92 Å². The fraction of sp³-hybridized carbons (Fsp3) is 0.556. The molecule has 0 aromatic carbocycles. The third-order valence-corrected chi connectivity index (χ3v) is 2.86. The highest BCUT2D eigenvalue weighted by Crippen LogP contribution is 2.26. The molecule has 0 bridgehead atoms. The predicted octanol–water partition coefficient (Wildman–Crippen LogP) is 1.27. The van der Waals surface area contributed by atoms with E-state index in [9.17, 15) is 0 Å². The number of hydrogen-bond acceptors (Lipinski definition) is 4. The molecule has 0 N–H and O–H groups in total. The molecule has 4 nitrogen and oxygen atoms in total. The van der Waals surface area contributed by atoms with E-state index in [0.717, 1.165) is 24.5 Å². The third-order valence-electron chi connectivity index (χ3n) is 2.48. The summed E-state index contributed by atoms with van der Waals surface area (Å²) in [5.41, 5.74) is 0.934. The summed E-state index contributed by atoms with van der Waals surface area (Å²) in [7, 11) is 1.72. The van der Waals surface area contributed by atoms with Crippen molar-refractivity contribution in [2.24, 2.45) is 0 Å². The van der Waals surface area contributed by atoms with Crippen LogP contribution in [0.4, 0.5) is 5.82 Å². The average Bonchev–Trinajstić information content (AvgIpc) is 2.10. The Hall–Kier alpha value is -0.870. The maximum atomic E-state index is 5.90. The van der Waals surface area contributed by atoms with Crippen LogP contribution in [0.15, 0.2) is 6.33 Å². The van der Waals surface area contributed by atoms with Gasteiger partial charge in [-0.15, -0.1) is 0 Å². The molecule has 0 aliphatic carbocycles. The lowest BCUT2D eigenvalue weighted by Gasteiger charge is -2.39. The van der Waals surface area contributed by atoms with Crippen LogP contribution in [0.1, 0.15) is 5.56 Å². The van der Waals surface area contributed by atoms with Crippen molar-refractivity contribution in [1.29, 1.82) is 0 Å². The van der Waals surface area contributed by atoms with Gasteiger partial charge in [0.25, 0.3) is 0 Å². The van der Waals surface area contributed by atoms with Crippen LogP contribution in [-0.2, 0) is 4.74 Å². The molecule has 1 aliphatic rings. The lowest BCUT2D eigenvalue weighted by Crippen LogP contribution is -2.52. The van der Waals surface area contributed by atoms with E-state index in [4.69, 9.17) is 16.3 Å². The van der Waals surface area contributed by atoms with Crippen molar-refractivity contribution in [3.05, 3.63) is 17.0 Å².